The minimum Gasteiger partial charge on any atom is -0.480 e. The first-order valence-electron chi connectivity index (χ1n) is 17.4. The van der Waals surface area contributed by atoms with Crippen LogP contribution in [-0.4, -0.2) is 105 Å². The summed E-state index contributed by atoms with van der Waals surface area (Å²) in [5.74, 6) is -3.06. The van der Waals surface area contributed by atoms with Gasteiger partial charge in [-0.25, -0.2) is 14.4 Å². The van der Waals surface area contributed by atoms with Crippen LogP contribution in [0.5, 0.6) is 0 Å². The standard InChI is InChI=1S/C36H56N6O9/c1-34(2,3)28(38-18-24-17-23(39-32(48)50-35(4,5)6)20-41(24)33(49)51-36(7,8)9)30(45)42-19-22-13-11-10-12-21(22)16-26(42)29(44)40-25(31(46)47)14-15-27(37)43/h10-13,23-26,28,38H,14-20H2,1-9H3,(H2,37,43)(H,39,48)(H,40,44)(H,46,47)/t23-,24+,25+,26+,28-/m1/s1. The molecule has 5 amide bonds. The van der Waals surface area contributed by atoms with Gasteiger partial charge in [-0.05, 0) is 70.9 Å². The average molecular weight is 717 g/mol. The Morgan fingerprint density at radius 3 is 2.08 bits per heavy atom. The maximum absolute atomic E-state index is 14.6. The van der Waals surface area contributed by atoms with Crippen LogP contribution >= 0.6 is 0 Å². The van der Waals surface area contributed by atoms with Crippen molar-refractivity contribution in [3.63, 3.8) is 0 Å². The largest absolute Gasteiger partial charge is 0.480 e. The molecule has 15 heteroatoms. The quantitative estimate of drug-likeness (QED) is 0.226. The van der Waals surface area contributed by atoms with E-state index in [9.17, 15) is 33.9 Å². The molecule has 2 heterocycles. The summed E-state index contributed by atoms with van der Waals surface area (Å²) in [5, 5.41) is 18.5. The van der Waals surface area contributed by atoms with Gasteiger partial charge in [0, 0.05) is 38.5 Å². The van der Waals surface area contributed by atoms with Crippen molar-refractivity contribution in [3.05, 3.63) is 35.4 Å². The number of nitrogens with zero attached hydrogens (tertiary/aromatic N) is 2. The fourth-order valence-electron chi connectivity index (χ4n) is 6.22. The first-order valence-corrected chi connectivity index (χ1v) is 17.4. The number of ether oxygens (including phenoxy) is 2. The Bertz CT molecular complexity index is 1460. The van der Waals surface area contributed by atoms with Gasteiger partial charge in [-0.1, -0.05) is 45.0 Å². The van der Waals surface area contributed by atoms with Crippen LogP contribution in [0.25, 0.3) is 0 Å². The van der Waals surface area contributed by atoms with Gasteiger partial charge in [-0.3, -0.25) is 14.4 Å². The molecule has 0 aliphatic carbocycles. The van der Waals surface area contributed by atoms with Crippen molar-refractivity contribution in [2.24, 2.45) is 11.1 Å². The smallest absolute Gasteiger partial charge is 0.410 e. The van der Waals surface area contributed by atoms with Crippen LogP contribution in [0.1, 0.15) is 92.7 Å². The third-order valence-corrected chi connectivity index (χ3v) is 8.56. The van der Waals surface area contributed by atoms with Crippen molar-refractivity contribution in [1.82, 2.24) is 25.8 Å². The summed E-state index contributed by atoms with van der Waals surface area (Å²) in [6.07, 6.45) is -1.09. The number of nitrogens with two attached hydrogens (primary N) is 1. The van der Waals surface area contributed by atoms with Crippen LogP contribution in [0.15, 0.2) is 24.3 Å². The van der Waals surface area contributed by atoms with Crippen molar-refractivity contribution >= 4 is 35.9 Å². The zero-order chi connectivity index (χ0) is 38.5. The molecule has 0 radical (unpaired) electrons. The molecule has 1 fully saturated rings. The van der Waals surface area contributed by atoms with E-state index in [0.717, 1.165) is 11.1 Å². The van der Waals surface area contributed by atoms with Crippen molar-refractivity contribution in [1.29, 1.82) is 0 Å². The van der Waals surface area contributed by atoms with Crippen molar-refractivity contribution < 1.29 is 43.3 Å². The molecule has 284 valence electrons. The molecule has 1 saturated heterocycles. The number of rotatable bonds is 11. The third-order valence-electron chi connectivity index (χ3n) is 8.56. The summed E-state index contributed by atoms with van der Waals surface area (Å²) >= 11 is 0. The van der Waals surface area contributed by atoms with Gasteiger partial charge in [0.25, 0.3) is 0 Å². The van der Waals surface area contributed by atoms with E-state index in [4.69, 9.17) is 15.2 Å². The van der Waals surface area contributed by atoms with Crippen molar-refractivity contribution in [2.45, 2.75) is 136 Å². The Kier molecular flexibility index (Phi) is 13.1. The lowest BCUT2D eigenvalue weighted by Gasteiger charge is -2.41. The van der Waals surface area contributed by atoms with E-state index in [2.05, 4.69) is 16.0 Å². The van der Waals surface area contributed by atoms with Gasteiger partial charge in [-0.2, -0.15) is 0 Å². The monoisotopic (exact) mass is 716 g/mol. The molecule has 15 nitrogen and oxygen atoms in total. The van der Waals surface area contributed by atoms with Crippen LogP contribution < -0.4 is 21.7 Å². The number of carboxylic acid groups (broad SMARTS) is 1. The minimum absolute atomic E-state index is 0.107. The van der Waals surface area contributed by atoms with Crippen molar-refractivity contribution in [2.75, 3.05) is 13.1 Å². The predicted octanol–water partition coefficient (Wildman–Crippen LogP) is 2.68. The van der Waals surface area contributed by atoms with Crippen LogP contribution in [-0.2, 0) is 41.6 Å². The fraction of sp³-hybridized carbons (Fsp3) is 0.667. The van der Waals surface area contributed by atoms with E-state index in [1.165, 1.54) is 9.80 Å². The third kappa shape index (κ3) is 12.1. The van der Waals surface area contributed by atoms with Gasteiger partial charge in [0.15, 0.2) is 0 Å². The SMILES string of the molecule is CC(C)(C)OC(=O)N[C@@H]1C[C@@H](CN[C@H](C(=O)N2Cc3ccccc3C[C@H]2C(=O)N[C@@H](CCC(N)=O)C(=O)O)C(C)(C)C)N(C(=O)OC(C)(C)C)C1. The first-order chi connectivity index (χ1) is 23.4. The number of hydrogen-bond acceptors (Lipinski definition) is 9. The Morgan fingerprint density at radius 2 is 1.53 bits per heavy atom. The topological polar surface area (TPSA) is 210 Å². The van der Waals surface area contributed by atoms with Crippen LogP contribution in [0.4, 0.5) is 9.59 Å². The summed E-state index contributed by atoms with van der Waals surface area (Å²) in [7, 11) is 0. The Hall–Kier alpha value is -4.40. The summed E-state index contributed by atoms with van der Waals surface area (Å²) in [5.41, 5.74) is 4.78. The van der Waals surface area contributed by atoms with E-state index in [0.29, 0.717) is 6.42 Å². The highest BCUT2D eigenvalue weighted by Gasteiger charge is 2.44. The highest BCUT2D eigenvalue weighted by molar-refractivity contribution is 5.93. The molecule has 0 unspecified atom stereocenters. The van der Waals surface area contributed by atoms with E-state index in [1.807, 2.05) is 45.0 Å². The van der Waals surface area contributed by atoms with Crippen LogP contribution in [0.3, 0.4) is 0 Å². The number of aliphatic carboxylic acids is 1. The summed E-state index contributed by atoms with van der Waals surface area (Å²) < 4.78 is 11.1. The second-order valence-corrected chi connectivity index (χ2v) is 16.4. The number of carbonyl (C=O) groups excluding carboxylic acids is 5. The summed E-state index contributed by atoms with van der Waals surface area (Å²) in [4.78, 5) is 80.6. The number of nitrogens with one attached hydrogen (secondary N) is 3. The number of alkyl carbamates (subject to hydrolysis) is 1. The van der Waals surface area contributed by atoms with E-state index >= 15 is 0 Å². The second kappa shape index (κ2) is 16.3. The van der Waals surface area contributed by atoms with Crippen LogP contribution in [0.2, 0.25) is 0 Å². The number of carboxylic acids is 1. The zero-order valence-electron chi connectivity index (χ0n) is 31.3. The van der Waals surface area contributed by atoms with E-state index in [1.54, 1.807) is 41.5 Å². The highest BCUT2D eigenvalue weighted by Crippen LogP contribution is 2.29. The molecule has 1 aromatic rings. The molecular weight excluding hydrogens is 660 g/mol. The lowest BCUT2D eigenvalue weighted by Crippen LogP contribution is -2.61. The number of carbonyl (C=O) groups is 6. The van der Waals surface area contributed by atoms with Gasteiger partial charge in [0.05, 0.1) is 12.1 Å². The molecule has 0 spiro atoms. The van der Waals surface area contributed by atoms with Gasteiger partial charge >= 0.3 is 18.2 Å². The molecule has 6 N–H and O–H groups in total. The molecule has 5 atom stereocenters. The van der Waals surface area contributed by atoms with Crippen molar-refractivity contribution in [3.8, 4) is 0 Å². The maximum atomic E-state index is 14.6. The summed E-state index contributed by atoms with van der Waals surface area (Å²) in [6.45, 7) is 16.6. The summed E-state index contributed by atoms with van der Waals surface area (Å²) in [6, 6.07) is 3.25. The number of fused-ring (bicyclic) bond motifs is 1. The predicted molar refractivity (Wildman–Crippen MR) is 188 cm³/mol. The lowest BCUT2D eigenvalue weighted by molar-refractivity contribution is -0.147. The number of benzene rings is 1. The molecule has 1 aromatic carbocycles. The fourth-order valence-corrected chi connectivity index (χ4v) is 6.22. The van der Waals surface area contributed by atoms with Crippen LogP contribution in [0, 0.1) is 5.41 Å². The van der Waals surface area contributed by atoms with E-state index in [-0.39, 0.29) is 44.8 Å². The molecule has 0 aromatic heterocycles. The average Bonchev–Trinajstić information content (AvgIpc) is 3.37. The number of hydrogen-bond donors (Lipinski definition) is 5. The molecular formula is C36H56N6O9. The normalized spacial score (nSPS) is 20.5. The molecule has 51 heavy (non-hydrogen) atoms. The molecule has 0 saturated carbocycles. The lowest BCUT2D eigenvalue weighted by atomic mass is 9.84. The minimum atomic E-state index is -1.38. The van der Waals surface area contributed by atoms with Gasteiger partial charge in [0.1, 0.15) is 23.3 Å². The highest BCUT2D eigenvalue weighted by atomic mass is 16.6. The number of amides is 5. The van der Waals surface area contributed by atoms with Gasteiger partial charge < -0.3 is 46.1 Å². The second-order valence-electron chi connectivity index (χ2n) is 16.4. The Morgan fingerprint density at radius 1 is 0.922 bits per heavy atom. The Labute approximate surface area is 300 Å². The van der Waals surface area contributed by atoms with E-state index < -0.39 is 76.8 Å². The molecule has 0 bridgehead atoms. The number of primary amides is 1. The molecule has 3 rings (SSSR count). The maximum Gasteiger partial charge on any atom is 0.410 e. The first kappa shape index (κ1) is 41.0. The molecule has 2 aliphatic heterocycles. The number of likely N-dealkylation sites (tertiary alicyclic amines) is 1. The van der Waals surface area contributed by atoms with Gasteiger partial charge in [-0.15, -0.1) is 0 Å². The van der Waals surface area contributed by atoms with Gasteiger partial charge in [0.2, 0.25) is 17.7 Å². The zero-order valence-corrected chi connectivity index (χ0v) is 31.3. The Balaban J connectivity index is 1.88. The molecule has 2 aliphatic rings.